The molecule has 1 aromatic carbocycles. The first kappa shape index (κ1) is 13.2. The van der Waals surface area contributed by atoms with E-state index in [1.807, 2.05) is 0 Å². The summed E-state index contributed by atoms with van der Waals surface area (Å²) in [6.45, 7) is 12.0. The molecule has 0 aliphatic rings. The standard InChI is InChI=1S/C15H25N/c1-11(2)15(5,10-16)9-14-12(3)7-6-8-13(14)4/h6-8,11H,9-10,16H2,1-5H3. The third-order valence-corrected chi connectivity index (χ3v) is 4.09. The van der Waals surface area contributed by atoms with Crippen molar-refractivity contribution in [2.75, 3.05) is 6.54 Å². The van der Waals surface area contributed by atoms with Crippen LogP contribution in [-0.4, -0.2) is 6.54 Å². The summed E-state index contributed by atoms with van der Waals surface area (Å²) in [5, 5.41) is 0. The Balaban J connectivity index is 3.03. The van der Waals surface area contributed by atoms with Gasteiger partial charge < -0.3 is 5.73 Å². The van der Waals surface area contributed by atoms with Crippen molar-refractivity contribution in [3.05, 3.63) is 34.9 Å². The predicted octanol–water partition coefficient (Wildman–Crippen LogP) is 3.47. The molecule has 1 atom stereocenters. The molecule has 0 aliphatic heterocycles. The Kier molecular flexibility index (Phi) is 4.15. The highest BCUT2D eigenvalue weighted by Gasteiger charge is 2.27. The highest BCUT2D eigenvalue weighted by atomic mass is 14.6. The lowest BCUT2D eigenvalue weighted by molar-refractivity contribution is 0.226. The average Bonchev–Trinajstić information content (AvgIpc) is 2.23. The lowest BCUT2D eigenvalue weighted by Crippen LogP contribution is -2.35. The summed E-state index contributed by atoms with van der Waals surface area (Å²) in [7, 11) is 0. The van der Waals surface area contributed by atoms with Crippen LogP contribution in [0.2, 0.25) is 0 Å². The fraction of sp³-hybridized carbons (Fsp3) is 0.600. The molecule has 0 aliphatic carbocycles. The van der Waals surface area contributed by atoms with Gasteiger partial charge in [0, 0.05) is 0 Å². The van der Waals surface area contributed by atoms with E-state index in [0.717, 1.165) is 13.0 Å². The van der Waals surface area contributed by atoms with Gasteiger partial charge in [-0.05, 0) is 54.8 Å². The van der Waals surface area contributed by atoms with Gasteiger partial charge in [0.05, 0.1) is 0 Å². The molecule has 0 amide bonds. The van der Waals surface area contributed by atoms with E-state index in [4.69, 9.17) is 5.73 Å². The van der Waals surface area contributed by atoms with Crippen LogP contribution in [0.25, 0.3) is 0 Å². The zero-order chi connectivity index (χ0) is 12.3. The maximum atomic E-state index is 5.96. The molecule has 0 radical (unpaired) electrons. The average molecular weight is 219 g/mol. The van der Waals surface area contributed by atoms with Crippen molar-refractivity contribution >= 4 is 0 Å². The number of aryl methyl sites for hydroxylation is 2. The zero-order valence-corrected chi connectivity index (χ0v) is 11.3. The lowest BCUT2D eigenvalue weighted by Gasteiger charge is -2.33. The molecule has 1 heteroatoms. The van der Waals surface area contributed by atoms with Crippen molar-refractivity contribution < 1.29 is 0 Å². The molecule has 1 unspecified atom stereocenters. The fourth-order valence-corrected chi connectivity index (χ4v) is 2.04. The molecule has 2 N–H and O–H groups in total. The Morgan fingerprint density at radius 1 is 1.19 bits per heavy atom. The molecular formula is C15H25N. The fourth-order valence-electron chi connectivity index (χ4n) is 2.04. The first-order valence-electron chi connectivity index (χ1n) is 6.16. The summed E-state index contributed by atoms with van der Waals surface area (Å²) < 4.78 is 0. The number of nitrogens with two attached hydrogens (primary N) is 1. The third-order valence-electron chi connectivity index (χ3n) is 4.09. The quantitative estimate of drug-likeness (QED) is 0.824. The first-order chi connectivity index (χ1) is 7.40. The van der Waals surface area contributed by atoms with E-state index in [9.17, 15) is 0 Å². The van der Waals surface area contributed by atoms with Crippen LogP contribution in [0.4, 0.5) is 0 Å². The van der Waals surface area contributed by atoms with Crippen molar-refractivity contribution in [2.24, 2.45) is 17.1 Å². The van der Waals surface area contributed by atoms with E-state index in [2.05, 4.69) is 52.8 Å². The largest absolute Gasteiger partial charge is 0.330 e. The van der Waals surface area contributed by atoms with Crippen molar-refractivity contribution in [3.8, 4) is 0 Å². The smallest absolute Gasteiger partial charge is 0.00175 e. The molecule has 1 nitrogen and oxygen atoms in total. The Labute approximate surface area is 100 Å². The maximum Gasteiger partial charge on any atom is -0.00175 e. The summed E-state index contributed by atoms with van der Waals surface area (Å²) >= 11 is 0. The van der Waals surface area contributed by atoms with Crippen LogP contribution in [0.5, 0.6) is 0 Å². The lowest BCUT2D eigenvalue weighted by atomic mass is 9.73. The van der Waals surface area contributed by atoms with Crippen LogP contribution in [0.3, 0.4) is 0 Å². The molecule has 16 heavy (non-hydrogen) atoms. The van der Waals surface area contributed by atoms with E-state index in [1.165, 1.54) is 16.7 Å². The summed E-state index contributed by atoms with van der Waals surface area (Å²) in [6.07, 6.45) is 1.08. The molecular weight excluding hydrogens is 194 g/mol. The van der Waals surface area contributed by atoms with Gasteiger partial charge in [0.1, 0.15) is 0 Å². The molecule has 1 rings (SSSR count). The SMILES string of the molecule is Cc1cccc(C)c1CC(C)(CN)C(C)C. The van der Waals surface area contributed by atoms with Gasteiger partial charge >= 0.3 is 0 Å². The van der Waals surface area contributed by atoms with Gasteiger partial charge in [0.2, 0.25) is 0 Å². The molecule has 0 bridgehead atoms. The summed E-state index contributed by atoms with van der Waals surface area (Å²) in [5.41, 5.74) is 10.4. The van der Waals surface area contributed by atoms with Crippen LogP contribution in [0, 0.1) is 25.2 Å². The van der Waals surface area contributed by atoms with E-state index in [-0.39, 0.29) is 5.41 Å². The summed E-state index contributed by atoms with van der Waals surface area (Å²) in [4.78, 5) is 0. The van der Waals surface area contributed by atoms with Crippen LogP contribution >= 0.6 is 0 Å². The van der Waals surface area contributed by atoms with E-state index in [1.54, 1.807) is 0 Å². The van der Waals surface area contributed by atoms with E-state index < -0.39 is 0 Å². The van der Waals surface area contributed by atoms with E-state index in [0.29, 0.717) is 5.92 Å². The second kappa shape index (κ2) is 5.01. The van der Waals surface area contributed by atoms with Crippen molar-refractivity contribution in [1.29, 1.82) is 0 Å². The van der Waals surface area contributed by atoms with Gasteiger partial charge in [0.15, 0.2) is 0 Å². The molecule has 90 valence electrons. The van der Waals surface area contributed by atoms with Crippen LogP contribution in [0.1, 0.15) is 37.5 Å². The highest BCUT2D eigenvalue weighted by Crippen LogP contribution is 2.32. The second-order valence-electron chi connectivity index (χ2n) is 5.56. The maximum absolute atomic E-state index is 5.96. The van der Waals surface area contributed by atoms with Gasteiger partial charge in [-0.3, -0.25) is 0 Å². The third kappa shape index (κ3) is 2.65. The molecule has 0 saturated heterocycles. The molecule has 0 aromatic heterocycles. The topological polar surface area (TPSA) is 26.0 Å². The number of hydrogen-bond acceptors (Lipinski definition) is 1. The minimum atomic E-state index is 0.205. The number of benzene rings is 1. The molecule has 0 fully saturated rings. The van der Waals surface area contributed by atoms with Gasteiger partial charge in [-0.25, -0.2) is 0 Å². The van der Waals surface area contributed by atoms with Crippen molar-refractivity contribution in [1.82, 2.24) is 0 Å². The Hall–Kier alpha value is -0.820. The van der Waals surface area contributed by atoms with E-state index >= 15 is 0 Å². The Morgan fingerprint density at radius 3 is 2.06 bits per heavy atom. The van der Waals surface area contributed by atoms with Crippen molar-refractivity contribution in [2.45, 2.75) is 41.0 Å². The Morgan fingerprint density at radius 2 is 1.69 bits per heavy atom. The van der Waals surface area contributed by atoms with Crippen molar-refractivity contribution in [3.63, 3.8) is 0 Å². The molecule has 0 spiro atoms. The zero-order valence-electron chi connectivity index (χ0n) is 11.3. The number of hydrogen-bond donors (Lipinski definition) is 1. The Bertz CT molecular complexity index is 334. The van der Waals surface area contributed by atoms with Crippen LogP contribution < -0.4 is 5.73 Å². The van der Waals surface area contributed by atoms with Gasteiger partial charge in [-0.1, -0.05) is 39.0 Å². The van der Waals surface area contributed by atoms with Crippen LogP contribution in [0.15, 0.2) is 18.2 Å². The second-order valence-corrected chi connectivity index (χ2v) is 5.56. The monoisotopic (exact) mass is 219 g/mol. The molecule has 1 aromatic rings. The normalized spacial score (nSPS) is 15.2. The van der Waals surface area contributed by atoms with Gasteiger partial charge in [0.25, 0.3) is 0 Å². The minimum absolute atomic E-state index is 0.205. The highest BCUT2D eigenvalue weighted by molar-refractivity contribution is 5.34. The van der Waals surface area contributed by atoms with Gasteiger partial charge in [-0.2, -0.15) is 0 Å². The predicted molar refractivity (Wildman–Crippen MR) is 71.6 cm³/mol. The summed E-state index contributed by atoms with van der Waals surface area (Å²) in [6, 6.07) is 6.52. The van der Waals surface area contributed by atoms with Crippen LogP contribution in [-0.2, 0) is 6.42 Å². The minimum Gasteiger partial charge on any atom is -0.330 e. The number of rotatable bonds is 4. The molecule has 0 saturated carbocycles. The first-order valence-corrected chi connectivity index (χ1v) is 6.16. The van der Waals surface area contributed by atoms with Gasteiger partial charge in [-0.15, -0.1) is 0 Å². The molecule has 0 heterocycles. The summed E-state index contributed by atoms with van der Waals surface area (Å²) in [5.74, 6) is 0.608.